The molecule has 0 spiro atoms. The van der Waals surface area contributed by atoms with Gasteiger partial charge in [0.15, 0.2) is 0 Å². The molecule has 0 radical (unpaired) electrons. The van der Waals surface area contributed by atoms with Gasteiger partial charge in [-0.05, 0) is 55.8 Å². The van der Waals surface area contributed by atoms with Crippen LogP contribution in [-0.4, -0.2) is 12.5 Å². The van der Waals surface area contributed by atoms with Crippen molar-refractivity contribution < 1.29 is 8.78 Å². The van der Waals surface area contributed by atoms with Gasteiger partial charge in [0.05, 0.1) is 0 Å². The molecule has 0 bridgehead atoms. The van der Waals surface area contributed by atoms with Crippen LogP contribution >= 0.6 is 0 Å². The summed E-state index contributed by atoms with van der Waals surface area (Å²) >= 11 is 0. The Morgan fingerprint density at radius 3 is 2.50 bits per heavy atom. The number of nitrogens with one attached hydrogen (secondary N) is 1. The molecule has 1 aliphatic carbocycles. The highest BCUT2D eigenvalue weighted by Crippen LogP contribution is 2.42. The van der Waals surface area contributed by atoms with Gasteiger partial charge in [0.1, 0.15) is 0 Å². The minimum absolute atomic E-state index is 0.0322. The molecule has 112 valence electrons. The van der Waals surface area contributed by atoms with E-state index in [0.717, 1.165) is 6.54 Å². The Hall–Kier alpha value is -0.960. The molecule has 1 unspecified atom stereocenters. The second kappa shape index (κ2) is 6.21. The quantitative estimate of drug-likeness (QED) is 0.837. The summed E-state index contributed by atoms with van der Waals surface area (Å²) in [5.74, 6) is -2.13. The minimum atomic E-state index is -2.45. The van der Waals surface area contributed by atoms with Crippen molar-refractivity contribution in [3.8, 4) is 0 Å². The van der Waals surface area contributed by atoms with Crippen molar-refractivity contribution in [1.29, 1.82) is 0 Å². The van der Waals surface area contributed by atoms with Crippen LogP contribution in [0.2, 0.25) is 0 Å². The number of halogens is 2. The lowest BCUT2D eigenvalue weighted by molar-refractivity contribution is -0.0497. The zero-order valence-corrected chi connectivity index (χ0v) is 12.7. The first-order valence-electron chi connectivity index (χ1n) is 7.62. The first-order valence-corrected chi connectivity index (χ1v) is 7.62. The fourth-order valence-corrected chi connectivity index (χ4v) is 3.26. The number of aryl methyl sites for hydroxylation is 1. The van der Waals surface area contributed by atoms with Crippen LogP contribution in [-0.2, 0) is 0 Å². The standard InChI is InChI=1S/C17H25F2N/c1-4-20-16(14-8-10-17(18,19)11-9-14)15-7-5-6-12(2)13(15)3/h5-7,14,16,20H,4,8-11H2,1-3H3. The van der Waals surface area contributed by atoms with Crippen LogP contribution < -0.4 is 5.32 Å². The van der Waals surface area contributed by atoms with E-state index in [9.17, 15) is 8.78 Å². The molecule has 3 heteroatoms. The van der Waals surface area contributed by atoms with Crippen LogP contribution in [0, 0.1) is 19.8 Å². The maximum Gasteiger partial charge on any atom is 0.248 e. The molecule has 0 amide bonds. The van der Waals surface area contributed by atoms with Crippen LogP contribution in [0.4, 0.5) is 8.78 Å². The average molecular weight is 281 g/mol. The zero-order chi connectivity index (χ0) is 14.8. The molecule has 1 saturated carbocycles. The number of benzene rings is 1. The highest BCUT2D eigenvalue weighted by Gasteiger charge is 2.38. The van der Waals surface area contributed by atoms with Gasteiger partial charge in [-0.3, -0.25) is 0 Å². The maximum atomic E-state index is 13.4. The molecule has 0 heterocycles. The Kier molecular flexibility index (Phi) is 4.79. The van der Waals surface area contributed by atoms with Crippen LogP contribution in [0.3, 0.4) is 0 Å². The smallest absolute Gasteiger partial charge is 0.248 e. The van der Waals surface area contributed by atoms with Gasteiger partial charge in [-0.15, -0.1) is 0 Å². The van der Waals surface area contributed by atoms with E-state index in [2.05, 4.69) is 44.3 Å². The Labute approximate surface area is 120 Å². The lowest BCUT2D eigenvalue weighted by Gasteiger charge is -2.35. The third-order valence-corrected chi connectivity index (χ3v) is 4.64. The predicted molar refractivity (Wildman–Crippen MR) is 79.2 cm³/mol. The molecule has 1 N–H and O–H groups in total. The SMILES string of the molecule is CCNC(c1cccc(C)c1C)C1CCC(F)(F)CC1. The summed E-state index contributed by atoms with van der Waals surface area (Å²) in [6.07, 6.45) is 1.28. The van der Waals surface area contributed by atoms with E-state index >= 15 is 0 Å². The molecule has 0 saturated heterocycles. The van der Waals surface area contributed by atoms with E-state index in [0.29, 0.717) is 18.8 Å². The summed E-state index contributed by atoms with van der Waals surface area (Å²) in [4.78, 5) is 0. The van der Waals surface area contributed by atoms with E-state index in [4.69, 9.17) is 0 Å². The predicted octanol–water partition coefficient (Wildman–Crippen LogP) is 4.78. The summed E-state index contributed by atoms with van der Waals surface area (Å²) in [5, 5.41) is 3.52. The first-order chi connectivity index (χ1) is 9.44. The largest absolute Gasteiger partial charge is 0.310 e. The Bertz CT molecular complexity index is 446. The number of rotatable bonds is 4. The normalized spacial score (nSPS) is 20.9. The second-order valence-corrected chi connectivity index (χ2v) is 6.02. The summed E-state index contributed by atoms with van der Waals surface area (Å²) in [7, 11) is 0. The zero-order valence-electron chi connectivity index (χ0n) is 12.7. The van der Waals surface area contributed by atoms with Crippen LogP contribution in [0.5, 0.6) is 0 Å². The van der Waals surface area contributed by atoms with E-state index < -0.39 is 5.92 Å². The van der Waals surface area contributed by atoms with E-state index in [1.54, 1.807) is 0 Å². The maximum absolute atomic E-state index is 13.4. The van der Waals surface area contributed by atoms with Crippen molar-refractivity contribution in [2.75, 3.05) is 6.54 Å². The van der Waals surface area contributed by atoms with Crippen LogP contribution in [0.25, 0.3) is 0 Å². The molecular weight excluding hydrogens is 256 g/mol. The molecular formula is C17H25F2N. The highest BCUT2D eigenvalue weighted by molar-refractivity contribution is 5.35. The molecule has 0 aliphatic heterocycles. The van der Waals surface area contributed by atoms with E-state index in [1.165, 1.54) is 16.7 Å². The molecule has 1 fully saturated rings. The number of alkyl halides is 2. The lowest BCUT2D eigenvalue weighted by Crippen LogP contribution is -2.34. The topological polar surface area (TPSA) is 12.0 Å². The van der Waals surface area contributed by atoms with Crippen LogP contribution in [0.15, 0.2) is 18.2 Å². The molecule has 1 nitrogen and oxygen atoms in total. The summed E-state index contributed by atoms with van der Waals surface area (Å²) in [6, 6.07) is 6.52. The monoisotopic (exact) mass is 281 g/mol. The Morgan fingerprint density at radius 1 is 1.25 bits per heavy atom. The minimum Gasteiger partial charge on any atom is -0.310 e. The van der Waals surface area contributed by atoms with Gasteiger partial charge in [0.25, 0.3) is 0 Å². The third kappa shape index (κ3) is 3.38. The molecule has 2 rings (SSSR count). The Balaban J connectivity index is 2.21. The van der Waals surface area contributed by atoms with Gasteiger partial charge in [-0.1, -0.05) is 25.1 Å². The number of hydrogen-bond donors (Lipinski definition) is 1. The second-order valence-electron chi connectivity index (χ2n) is 6.02. The van der Waals surface area contributed by atoms with Crippen molar-refractivity contribution in [1.82, 2.24) is 5.32 Å². The summed E-state index contributed by atoms with van der Waals surface area (Å²) < 4.78 is 26.7. The van der Waals surface area contributed by atoms with Crippen molar-refractivity contribution in [2.24, 2.45) is 5.92 Å². The van der Waals surface area contributed by atoms with Crippen molar-refractivity contribution in [3.63, 3.8) is 0 Å². The number of hydrogen-bond acceptors (Lipinski definition) is 1. The van der Waals surface area contributed by atoms with Gasteiger partial charge < -0.3 is 5.32 Å². The fourth-order valence-electron chi connectivity index (χ4n) is 3.26. The van der Waals surface area contributed by atoms with Gasteiger partial charge in [0, 0.05) is 18.9 Å². The van der Waals surface area contributed by atoms with Crippen molar-refractivity contribution in [2.45, 2.75) is 58.4 Å². The van der Waals surface area contributed by atoms with Crippen molar-refractivity contribution in [3.05, 3.63) is 34.9 Å². The van der Waals surface area contributed by atoms with Gasteiger partial charge >= 0.3 is 0 Å². The van der Waals surface area contributed by atoms with Gasteiger partial charge in [-0.2, -0.15) is 0 Å². The lowest BCUT2D eigenvalue weighted by atomic mass is 9.78. The highest BCUT2D eigenvalue weighted by atomic mass is 19.3. The first kappa shape index (κ1) is 15.4. The van der Waals surface area contributed by atoms with E-state index in [1.807, 2.05) is 0 Å². The summed E-state index contributed by atoms with van der Waals surface area (Å²) in [6.45, 7) is 7.18. The fraction of sp³-hybridized carbons (Fsp3) is 0.647. The molecule has 0 aromatic heterocycles. The average Bonchev–Trinajstić information content (AvgIpc) is 2.40. The molecule has 1 aliphatic rings. The van der Waals surface area contributed by atoms with Crippen molar-refractivity contribution >= 4 is 0 Å². The molecule has 20 heavy (non-hydrogen) atoms. The molecule has 1 aromatic rings. The Morgan fingerprint density at radius 2 is 1.90 bits per heavy atom. The molecule has 1 aromatic carbocycles. The third-order valence-electron chi connectivity index (χ3n) is 4.64. The van der Waals surface area contributed by atoms with E-state index in [-0.39, 0.29) is 18.9 Å². The van der Waals surface area contributed by atoms with Gasteiger partial charge in [-0.25, -0.2) is 8.78 Å². The van der Waals surface area contributed by atoms with Gasteiger partial charge in [0.2, 0.25) is 5.92 Å². The molecule has 1 atom stereocenters. The summed E-state index contributed by atoms with van der Waals surface area (Å²) in [5.41, 5.74) is 3.84. The van der Waals surface area contributed by atoms with Crippen LogP contribution in [0.1, 0.15) is 55.3 Å².